The predicted octanol–water partition coefficient (Wildman–Crippen LogP) is 4.06. The number of imidazole rings is 1. The first-order chi connectivity index (χ1) is 9.04. The van der Waals surface area contributed by atoms with Crippen LogP contribution in [-0.4, -0.2) is 21.0 Å². The maximum Gasteiger partial charge on any atom is 0.335 e. The van der Waals surface area contributed by atoms with Crippen molar-refractivity contribution in [3.05, 3.63) is 39.2 Å². The summed E-state index contributed by atoms with van der Waals surface area (Å²) in [6.07, 6.45) is 0. The summed E-state index contributed by atoms with van der Waals surface area (Å²) in [6, 6.07) is 6.92. The second kappa shape index (κ2) is 4.47. The number of nitrogens with one attached hydrogen (secondary N) is 1. The molecule has 0 fully saturated rings. The summed E-state index contributed by atoms with van der Waals surface area (Å²) in [5, 5.41) is 8.97. The largest absolute Gasteiger partial charge is 0.478 e. The van der Waals surface area contributed by atoms with Crippen molar-refractivity contribution in [1.29, 1.82) is 0 Å². The Kier molecular flexibility index (Phi) is 2.91. The van der Waals surface area contributed by atoms with Crippen LogP contribution in [0, 0.1) is 6.92 Å². The Morgan fingerprint density at radius 2 is 2.21 bits per heavy atom. The van der Waals surface area contributed by atoms with Crippen molar-refractivity contribution in [2.24, 2.45) is 0 Å². The van der Waals surface area contributed by atoms with Crippen LogP contribution in [0.4, 0.5) is 0 Å². The molecule has 0 atom stereocenters. The summed E-state index contributed by atoms with van der Waals surface area (Å²) in [5.74, 6) is -0.177. The fourth-order valence-corrected chi connectivity index (χ4v) is 3.32. The van der Waals surface area contributed by atoms with Crippen LogP contribution in [0.2, 0.25) is 0 Å². The third-order valence-electron chi connectivity index (χ3n) is 2.82. The van der Waals surface area contributed by atoms with E-state index in [2.05, 4.69) is 25.9 Å². The van der Waals surface area contributed by atoms with Gasteiger partial charge < -0.3 is 10.1 Å². The molecule has 2 aromatic heterocycles. The zero-order valence-electron chi connectivity index (χ0n) is 9.90. The number of rotatable bonds is 2. The second-order valence-corrected chi connectivity index (χ2v) is 6.56. The molecule has 6 heteroatoms. The van der Waals surface area contributed by atoms with E-state index in [4.69, 9.17) is 5.11 Å². The molecule has 0 spiro atoms. The van der Waals surface area contributed by atoms with Crippen LogP contribution in [-0.2, 0) is 0 Å². The Bertz CT molecular complexity index is 772. The molecule has 0 saturated carbocycles. The minimum absolute atomic E-state index is 0.256. The van der Waals surface area contributed by atoms with E-state index < -0.39 is 5.97 Å². The molecule has 3 aromatic rings. The summed E-state index contributed by atoms with van der Waals surface area (Å²) < 4.78 is 1.08. The average molecular weight is 337 g/mol. The second-order valence-electron chi connectivity index (χ2n) is 4.19. The van der Waals surface area contributed by atoms with Gasteiger partial charge in [0.25, 0.3) is 0 Å². The molecular weight excluding hydrogens is 328 g/mol. The molecule has 0 amide bonds. The first-order valence-corrected chi connectivity index (χ1v) is 7.15. The number of hydrogen-bond acceptors (Lipinski definition) is 3. The highest BCUT2D eigenvalue weighted by Crippen LogP contribution is 2.34. The fourth-order valence-electron chi connectivity index (χ4n) is 1.84. The van der Waals surface area contributed by atoms with Crippen molar-refractivity contribution in [2.75, 3.05) is 0 Å². The van der Waals surface area contributed by atoms with Gasteiger partial charge in [-0.15, -0.1) is 11.3 Å². The standard InChI is InChI=1S/C13H9BrN2O2S/c1-6-4-10(19-11(6)14)12-15-8-3-2-7(13(17)18)5-9(8)16-12/h2-5H,1H3,(H,15,16)(H,17,18). The lowest BCUT2D eigenvalue weighted by atomic mass is 10.2. The smallest absolute Gasteiger partial charge is 0.335 e. The predicted molar refractivity (Wildman–Crippen MR) is 78.8 cm³/mol. The normalized spacial score (nSPS) is 11.1. The van der Waals surface area contributed by atoms with Gasteiger partial charge in [-0.05, 0) is 52.7 Å². The minimum atomic E-state index is -0.937. The lowest BCUT2D eigenvalue weighted by Crippen LogP contribution is -1.94. The van der Waals surface area contributed by atoms with Crippen molar-refractivity contribution in [3.8, 4) is 10.7 Å². The van der Waals surface area contributed by atoms with E-state index in [9.17, 15) is 4.79 Å². The number of aromatic carboxylic acids is 1. The molecule has 96 valence electrons. The first-order valence-electron chi connectivity index (χ1n) is 5.54. The van der Waals surface area contributed by atoms with Crippen LogP contribution >= 0.6 is 27.3 Å². The van der Waals surface area contributed by atoms with Crippen LogP contribution in [0.3, 0.4) is 0 Å². The highest BCUT2D eigenvalue weighted by atomic mass is 79.9. The van der Waals surface area contributed by atoms with Gasteiger partial charge in [-0.3, -0.25) is 0 Å². The summed E-state index contributed by atoms with van der Waals surface area (Å²) >= 11 is 5.09. The number of H-pyrrole nitrogens is 1. The lowest BCUT2D eigenvalue weighted by molar-refractivity contribution is 0.0697. The van der Waals surface area contributed by atoms with E-state index in [1.54, 1.807) is 29.5 Å². The number of thiophene rings is 1. The number of benzene rings is 1. The molecule has 0 radical (unpaired) electrons. The maximum absolute atomic E-state index is 10.9. The van der Waals surface area contributed by atoms with Gasteiger partial charge in [0.05, 0.1) is 25.3 Å². The molecule has 3 rings (SSSR count). The molecule has 1 aromatic carbocycles. The van der Waals surface area contributed by atoms with Gasteiger partial charge in [0.2, 0.25) is 0 Å². The number of nitrogens with zero attached hydrogens (tertiary/aromatic N) is 1. The zero-order chi connectivity index (χ0) is 13.6. The summed E-state index contributed by atoms with van der Waals surface area (Å²) in [5.41, 5.74) is 2.91. The molecule has 0 unspecified atom stereocenters. The SMILES string of the molecule is Cc1cc(-c2nc3ccc(C(=O)O)cc3[nH]2)sc1Br. The lowest BCUT2D eigenvalue weighted by Gasteiger charge is -1.92. The summed E-state index contributed by atoms with van der Waals surface area (Å²) in [4.78, 5) is 19.6. The van der Waals surface area contributed by atoms with Crippen LogP contribution in [0.1, 0.15) is 15.9 Å². The third kappa shape index (κ3) is 2.17. The number of carboxylic acid groups (broad SMARTS) is 1. The van der Waals surface area contributed by atoms with Crippen molar-refractivity contribution in [3.63, 3.8) is 0 Å². The Hall–Kier alpha value is -1.66. The molecule has 0 aliphatic rings. The Labute approximate surface area is 121 Å². The van der Waals surface area contributed by atoms with Crippen molar-refractivity contribution in [1.82, 2.24) is 9.97 Å². The highest BCUT2D eigenvalue weighted by Gasteiger charge is 2.11. The van der Waals surface area contributed by atoms with Crippen LogP contribution in [0.5, 0.6) is 0 Å². The molecular formula is C13H9BrN2O2S. The molecule has 2 N–H and O–H groups in total. The molecule has 0 bridgehead atoms. The topological polar surface area (TPSA) is 66.0 Å². The third-order valence-corrected chi connectivity index (χ3v) is 4.96. The van der Waals surface area contributed by atoms with Gasteiger partial charge in [-0.25, -0.2) is 9.78 Å². The molecule has 19 heavy (non-hydrogen) atoms. The van der Waals surface area contributed by atoms with E-state index in [1.165, 1.54) is 0 Å². The molecule has 0 saturated heterocycles. The minimum Gasteiger partial charge on any atom is -0.478 e. The van der Waals surface area contributed by atoms with Gasteiger partial charge >= 0.3 is 5.97 Å². The number of aromatic amines is 1. The van der Waals surface area contributed by atoms with Gasteiger partial charge in [0.1, 0.15) is 5.82 Å². The molecule has 0 aliphatic heterocycles. The highest BCUT2D eigenvalue weighted by molar-refractivity contribution is 9.11. The van der Waals surface area contributed by atoms with Crippen molar-refractivity contribution >= 4 is 44.3 Å². The maximum atomic E-state index is 10.9. The van der Waals surface area contributed by atoms with E-state index in [0.717, 1.165) is 31.1 Å². The number of hydrogen-bond donors (Lipinski definition) is 2. The quantitative estimate of drug-likeness (QED) is 0.741. The van der Waals surface area contributed by atoms with Crippen molar-refractivity contribution in [2.45, 2.75) is 6.92 Å². The Morgan fingerprint density at radius 1 is 1.42 bits per heavy atom. The van der Waals surface area contributed by atoms with E-state index in [0.29, 0.717) is 0 Å². The number of fused-ring (bicyclic) bond motifs is 1. The number of aromatic nitrogens is 2. The zero-order valence-corrected chi connectivity index (χ0v) is 12.3. The number of carbonyl (C=O) groups is 1. The monoisotopic (exact) mass is 336 g/mol. The van der Waals surface area contributed by atoms with E-state index in [-0.39, 0.29) is 5.56 Å². The Morgan fingerprint density at radius 3 is 2.84 bits per heavy atom. The first kappa shape index (κ1) is 12.4. The van der Waals surface area contributed by atoms with Crippen molar-refractivity contribution < 1.29 is 9.90 Å². The Balaban J connectivity index is 2.13. The molecule has 4 nitrogen and oxygen atoms in total. The van der Waals surface area contributed by atoms with Crippen LogP contribution < -0.4 is 0 Å². The van der Waals surface area contributed by atoms with Gasteiger partial charge in [0.15, 0.2) is 0 Å². The molecule has 2 heterocycles. The average Bonchev–Trinajstić information content (AvgIpc) is 2.92. The fraction of sp³-hybridized carbons (Fsp3) is 0.0769. The van der Waals surface area contributed by atoms with Crippen LogP contribution in [0.25, 0.3) is 21.7 Å². The van der Waals surface area contributed by atoms with Gasteiger partial charge in [0, 0.05) is 0 Å². The van der Waals surface area contributed by atoms with Crippen LogP contribution in [0.15, 0.2) is 28.1 Å². The number of aryl methyl sites for hydroxylation is 1. The molecule has 0 aliphatic carbocycles. The summed E-state index contributed by atoms with van der Waals surface area (Å²) in [7, 11) is 0. The van der Waals surface area contributed by atoms with E-state index in [1.807, 2.05) is 13.0 Å². The number of halogens is 1. The number of carboxylic acids is 1. The van der Waals surface area contributed by atoms with E-state index >= 15 is 0 Å². The summed E-state index contributed by atoms with van der Waals surface area (Å²) in [6.45, 7) is 2.02. The van der Waals surface area contributed by atoms with Gasteiger partial charge in [-0.2, -0.15) is 0 Å². The van der Waals surface area contributed by atoms with Gasteiger partial charge in [-0.1, -0.05) is 0 Å².